The summed E-state index contributed by atoms with van der Waals surface area (Å²) in [7, 11) is -1.89. The van der Waals surface area contributed by atoms with Crippen molar-refractivity contribution < 1.29 is 9.16 Å². The molecule has 0 amide bonds. The maximum absolute atomic E-state index is 9.08. The van der Waals surface area contributed by atoms with Crippen LogP contribution in [0.4, 0.5) is 0 Å². The highest BCUT2D eigenvalue weighted by atomic mass is 28.4. The van der Waals surface area contributed by atoms with E-state index in [1.807, 2.05) is 59.4 Å². The maximum atomic E-state index is 9.08. The molecule has 0 bridgehead atoms. The third-order valence-corrected chi connectivity index (χ3v) is 12.1. The summed E-state index contributed by atoms with van der Waals surface area (Å²) in [5, 5.41) is 9.78. The molecule has 4 heterocycles. The Morgan fingerprint density at radius 2 is 1.92 bits per heavy atom. The summed E-state index contributed by atoms with van der Waals surface area (Å²) >= 11 is 0. The van der Waals surface area contributed by atoms with Crippen molar-refractivity contribution in [2.75, 3.05) is 13.2 Å². The minimum atomic E-state index is -1.89. The van der Waals surface area contributed by atoms with Gasteiger partial charge >= 0.3 is 0 Å². The van der Waals surface area contributed by atoms with Crippen molar-refractivity contribution in [1.82, 2.24) is 19.7 Å². The molecular weight excluding hydrogens is 494 g/mol. The van der Waals surface area contributed by atoms with E-state index < -0.39 is 8.32 Å². The van der Waals surface area contributed by atoms with E-state index in [2.05, 4.69) is 55.1 Å². The molecule has 4 aromatic rings. The third kappa shape index (κ3) is 5.21. The molecule has 1 aliphatic rings. The quantitative estimate of drug-likeness (QED) is 0.106. The first-order valence-corrected chi connectivity index (χ1v) is 15.7. The molecule has 1 aliphatic heterocycles. The zero-order chi connectivity index (χ0) is 26.9. The van der Waals surface area contributed by atoms with Crippen LogP contribution in [0.1, 0.15) is 38.2 Å². The SMILES string of the molecule is CC(C)(C)[Si](C)(C)OCc1cccc(-n2ncc3ccc(-c4cccc(C(N=[N+]=[N-])C5COC5)n4)cc32)n1. The van der Waals surface area contributed by atoms with E-state index in [4.69, 9.17) is 24.7 Å². The second-order valence-corrected chi connectivity index (χ2v) is 16.1. The molecule has 5 rings (SSSR count). The molecule has 1 saturated heterocycles. The van der Waals surface area contributed by atoms with Crippen LogP contribution < -0.4 is 0 Å². The topological polar surface area (TPSA) is 111 Å². The van der Waals surface area contributed by atoms with Gasteiger partial charge in [0.2, 0.25) is 0 Å². The predicted molar refractivity (Wildman–Crippen MR) is 150 cm³/mol. The lowest BCUT2D eigenvalue weighted by atomic mass is 9.95. The summed E-state index contributed by atoms with van der Waals surface area (Å²) in [4.78, 5) is 12.8. The van der Waals surface area contributed by atoms with Crippen LogP contribution in [0, 0.1) is 5.92 Å². The van der Waals surface area contributed by atoms with Gasteiger partial charge in [0.05, 0.1) is 54.7 Å². The Morgan fingerprint density at radius 3 is 2.63 bits per heavy atom. The van der Waals surface area contributed by atoms with Crippen LogP contribution in [0.5, 0.6) is 0 Å². The van der Waals surface area contributed by atoms with E-state index in [1.54, 1.807) is 0 Å². The van der Waals surface area contributed by atoms with E-state index >= 15 is 0 Å². The summed E-state index contributed by atoms with van der Waals surface area (Å²) < 4.78 is 13.6. The fourth-order valence-corrected chi connectivity index (χ4v) is 5.10. The summed E-state index contributed by atoms with van der Waals surface area (Å²) in [6.07, 6.45) is 1.84. The van der Waals surface area contributed by atoms with Gasteiger partial charge in [-0.2, -0.15) is 5.10 Å². The number of azide groups is 1. The van der Waals surface area contributed by atoms with Crippen molar-refractivity contribution in [3.63, 3.8) is 0 Å². The van der Waals surface area contributed by atoms with Crippen LogP contribution in [-0.4, -0.2) is 41.3 Å². The van der Waals surface area contributed by atoms with Crippen molar-refractivity contribution in [2.24, 2.45) is 11.0 Å². The van der Waals surface area contributed by atoms with Gasteiger partial charge in [0.1, 0.15) is 0 Å². The van der Waals surface area contributed by atoms with Crippen LogP contribution >= 0.6 is 0 Å². The summed E-state index contributed by atoms with van der Waals surface area (Å²) in [5.74, 6) is 0.889. The van der Waals surface area contributed by atoms with Gasteiger partial charge in [0.25, 0.3) is 0 Å². The highest BCUT2D eigenvalue weighted by Crippen LogP contribution is 2.37. The highest BCUT2D eigenvalue weighted by Gasteiger charge is 2.37. The molecule has 0 N–H and O–H groups in total. The Balaban J connectivity index is 1.45. The molecule has 1 atom stereocenters. The molecule has 0 spiro atoms. The molecule has 0 aliphatic carbocycles. The van der Waals surface area contributed by atoms with Crippen molar-refractivity contribution in [3.05, 3.63) is 82.6 Å². The fourth-order valence-electron chi connectivity index (χ4n) is 4.16. The summed E-state index contributed by atoms with van der Waals surface area (Å²) in [6, 6.07) is 17.6. The maximum Gasteiger partial charge on any atom is 0.192 e. The van der Waals surface area contributed by atoms with E-state index in [1.165, 1.54) is 0 Å². The van der Waals surface area contributed by atoms with Crippen LogP contribution in [0.15, 0.2) is 65.9 Å². The van der Waals surface area contributed by atoms with E-state index in [9.17, 15) is 0 Å². The molecule has 3 aromatic heterocycles. The van der Waals surface area contributed by atoms with Gasteiger partial charge in [0, 0.05) is 21.8 Å². The van der Waals surface area contributed by atoms with E-state index in [-0.39, 0.29) is 17.0 Å². The molecule has 38 heavy (non-hydrogen) atoms. The molecule has 196 valence electrons. The number of rotatable bonds is 8. The average Bonchev–Trinajstić information content (AvgIpc) is 3.29. The van der Waals surface area contributed by atoms with Crippen LogP contribution in [0.3, 0.4) is 0 Å². The fraction of sp³-hybridized carbons (Fsp3) is 0.393. The molecule has 1 aromatic carbocycles. The van der Waals surface area contributed by atoms with Crippen LogP contribution in [0.2, 0.25) is 18.1 Å². The smallest absolute Gasteiger partial charge is 0.192 e. The monoisotopic (exact) mass is 527 g/mol. The van der Waals surface area contributed by atoms with Crippen molar-refractivity contribution in [3.8, 4) is 17.1 Å². The van der Waals surface area contributed by atoms with Gasteiger partial charge in [-0.1, -0.05) is 50.2 Å². The normalized spacial score (nSPS) is 15.2. The Hall–Kier alpha value is -3.56. The Morgan fingerprint density at radius 1 is 1.13 bits per heavy atom. The number of hydrogen-bond acceptors (Lipinski definition) is 6. The number of benzene rings is 1. The number of nitrogens with zero attached hydrogens (tertiary/aromatic N) is 7. The number of ether oxygens (including phenoxy) is 1. The lowest BCUT2D eigenvalue weighted by Crippen LogP contribution is -2.40. The summed E-state index contributed by atoms with van der Waals surface area (Å²) in [6.45, 7) is 12.8. The minimum absolute atomic E-state index is 0.136. The van der Waals surface area contributed by atoms with E-state index in [0.29, 0.717) is 19.8 Å². The Kier molecular flexibility index (Phi) is 7.07. The summed E-state index contributed by atoms with van der Waals surface area (Å²) in [5.41, 5.74) is 13.4. The molecular formula is C28H33N7O2Si. The van der Waals surface area contributed by atoms with E-state index in [0.717, 1.165) is 39.4 Å². The molecule has 9 nitrogen and oxygen atoms in total. The first-order chi connectivity index (χ1) is 18.2. The standard InChI is InChI=1S/C28H33N7O2Si/c1-28(2,3)38(4,5)37-18-22-8-6-11-26(31-22)35-25-14-19(12-13-20(25)15-30-35)23-9-7-10-24(32-23)27(33-34-29)21-16-36-17-21/h6-15,21,27H,16-18H2,1-5H3. The predicted octanol–water partition coefficient (Wildman–Crippen LogP) is 7.00. The Labute approximate surface area is 223 Å². The number of hydrogen-bond donors (Lipinski definition) is 0. The molecule has 1 unspecified atom stereocenters. The average molecular weight is 528 g/mol. The zero-order valence-corrected chi connectivity index (χ0v) is 23.5. The lowest BCUT2D eigenvalue weighted by Gasteiger charge is -2.36. The van der Waals surface area contributed by atoms with Gasteiger partial charge in [0.15, 0.2) is 14.1 Å². The highest BCUT2D eigenvalue weighted by molar-refractivity contribution is 6.74. The van der Waals surface area contributed by atoms with Crippen LogP contribution in [0.25, 0.3) is 38.4 Å². The first-order valence-electron chi connectivity index (χ1n) is 12.8. The number of pyridine rings is 2. The van der Waals surface area contributed by atoms with Crippen molar-refractivity contribution >= 4 is 19.2 Å². The van der Waals surface area contributed by atoms with Crippen molar-refractivity contribution in [2.45, 2.75) is 51.6 Å². The second-order valence-electron chi connectivity index (χ2n) is 11.3. The molecule has 1 fully saturated rings. The first kappa shape index (κ1) is 26.1. The van der Waals surface area contributed by atoms with Gasteiger partial charge in [-0.25, -0.2) is 9.67 Å². The second kappa shape index (κ2) is 10.3. The van der Waals surface area contributed by atoms with Crippen LogP contribution in [-0.2, 0) is 15.8 Å². The zero-order valence-electron chi connectivity index (χ0n) is 22.5. The number of aromatic nitrogens is 4. The largest absolute Gasteiger partial charge is 0.411 e. The van der Waals surface area contributed by atoms with Gasteiger partial charge < -0.3 is 9.16 Å². The molecule has 0 saturated carbocycles. The third-order valence-electron chi connectivity index (χ3n) is 7.62. The van der Waals surface area contributed by atoms with Gasteiger partial charge in [-0.05, 0) is 54.0 Å². The molecule has 0 radical (unpaired) electrons. The number of fused-ring (bicyclic) bond motifs is 1. The van der Waals surface area contributed by atoms with Gasteiger partial charge in [-0.15, -0.1) is 0 Å². The van der Waals surface area contributed by atoms with Crippen molar-refractivity contribution in [1.29, 1.82) is 0 Å². The lowest BCUT2D eigenvalue weighted by molar-refractivity contribution is -0.0446. The molecule has 10 heteroatoms. The Bertz CT molecular complexity index is 1500. The minimum Gasteiger partial charge on any atom is -0.411 e. The van der Waals surface area contributed by atoms with Gasteiger partial charge in [-0.3, -0.25) is 4.98 Å².